The molecule has 0 fully saturated rings. The van der Waals surface area contributed by atoms with Crippen molar-refractivity contribution in [3.8, 4) is 5.69 Å². The predicted octanol–water partition coefficient (Wildman–Crippen LogP) is 3.89. The minimum atomic E-state index is -0.660. The third kappa shape index (κ3) is 4.40. The van der Waals surface area contributed by atoms with Crippen molar-refractivity contribution in [3.05, 3.63) is 56.7 Å². The fourth-order valence-corrected chi connectivity index (χ4v) is 3.79. The summed E-state index contributed by atoms with van der Waals surface area (Å²) in [5, 5.41) is 11.1. The van der Waals surface area contributed by atoms with Crippen LogP contribution in [0.1, 0.15) is 39.4 Å². The Kier molecular flexibility index (Phi) is 6.65. The molecule has 10 nitrogen and oxygen atoms in total. The van der Waals surface area contributed by atoms with E-state index in [1.54, 1.807) is 45.0 Å². The first-order valence-electron chi connectivity index (χ1n) is 9.44. The van der Waals surface area contributed by atoms with Crippen molar-refractivity contribution in [1.29, 1.82) is 0 Å². The maximum absolute atomic E-state index is 12.7. The number of ether oxygens (including phenoxy) is 2. The summed E-state index contributed by atoms with van der Waals surface area (Å²) in [6.07, 6.45) is 0. The largest absolute Gasteiger partial charge is 0.462 e. The van der Waals surface area contributed by atoms with Gasteiger partial charge < -0.3 is 15.2 Å². The Hall–Kier alpha value is -3.73. The Morgan fingerprint density at radius 1 is 1.10 bits per heavy atom. The number of nitrogens with two attached hydrogens (primary N) is 1. The lowest BCUT2D eigenvalue weighted by molar-refractivity contribution is 0.0483. The molecule has 0 aliphatic carbocycles. The zero-order valence-electron chi connectivity index (χ0n) is 17.2. The Labute approximate surface area is 181 Å². The summed E-state index contributed by atoms with van der Waals surface area (Å²) in [5.41, 5.74) is 6.39. The van der Waals surface area contributed by atoms with Crippen molar-refractivity contribution in [2.75, 3.05) is 18.9 Å². The maximum Gasteiger partial charge on any atom is 0.349 e. The number of thiophene rings is 1. The molecule has 0 saturated heterocycles. The number of hydrogen-bond donors (Lipinski definition) is 2. The van der Waals surface area contributed by atoms with Crippen LogP contribution in [0.25, 0.3) is 5.69 Å². The third-order valence-electron chi connectivity index (χ3n) is 4.21. The number of rotatable bonds is 7. The zero-order chi connectivity index (χ0) is 22.5. The molecule has 0 aliphatic rings. The van der Waals surface area contributed by atoms with Crippen LogP contribution in [-0.2, 0) is 9.47 Å². The quantitative estimate of drug-likeness (QED) is 0.419. The van der Waals surface area contributed by atoms with Gasteiger partial charge in [0, 0.05) is 5.56 Å². The minimum Gasteiger partial charge on any atom is -0.462 e. The SMILES string of the molecule is CCOC(=O)c1sc(N=Nc2c(N)[nH]n(-c3ccccc3)c2=O)c(C)c1C(=O)OCC. The molecule has 3 aromatic rings. The van der Waals surface area contributed by atoms with Crippen LogP contribution in [0.4, 0.5) is 16.5 Å². The molecule has 1 aromatic carbocycles. The van der Waals surface area contributed by atoms with Gasteiger partial charge in [-0.05, 0) is 32.9 Å². The summed E-state index contributed by atoms with van der Waals surface area (Å²) in [6, 6.07) is 8.85. The first kappa shape index (κ1) is 22.0. The van der Waals surface area contributed by atoms with Gasteiger partial charge in [-0.25, -0.2) is 14.3 Å². The zero-order valence-corrected chi connectivity index (χ0v) is 18.0. The van der Waals surface area contributed by atoms with Crippen LogP contribution in [-0.4, -0.2) is 34.9 Å². The number of benzene rings is 1. The van der Waals surface area contributed by atoms with Crippen LogP contribution in [0.5, 0.6) is 0 Å². The predicted molar refractivity (Wildman–Crippen MR) is 116 cm³/mol. The van der Waals surface area contributed by atoms with E-state index in [2.05, 4.69) is 15.3 Å². The highest BCUT2D eigenvalue weighted by Crippen LogP contribution is 2.37. The number of anilines is 1. The molecule has 0 spiro atoms. The van der Waals surface area contributed by atoms with E-state index in [9.17, 15) is 14.4 Å². The summed E-state index contributed by atoms with van der Waals surface area (Å²) >= 11 is 0.927. The van der Waals surface area contributed by atoms with Crippen molar-refractivity contribution >= 4 is 39.8 Å². The first-order chi connectivity index (χ1) is 14.9. The summed E-state index contributed by atoms with van der Waals surface area (Å²) in [6.45, 7) is 5.23. The molecule has 0 radical (unpaired) electrons. The first-order valence-corrected chi connectivity index (χ1v) is 10.3. The molecule has 2 aromatic heterocycles. The molecule has 3 rings (SSSR count). The van der Waals surface area contributed by atoms with Gasteiger partial charge >= 0.3 is 17.5 Å². The Balaban J connectivity index is 2.02. The van der Waals surface area contributed by atoms with E-state index < -0.39 is 17.5 Å². The fraction of sp³-hybridized carbons (Fsp3) is 0.250. The molecule has 0 amide bonds. The lowest BCUT2D eigenvalue weighted by atomic mass is 10.1. The van der Waals surface area contributed by atoms with Crippen molar-refractivity contribution in [2.45, 2.75) is 20.8 Å². The van der Waals surface area contributed by atoms with Gasteiger partial charge in [-0.3, -0.25) is 9.89 Å². The summed E-state index contributed by atoms with van der Waals surface area (Å²) in [5.74, 6) is -1.29. The van der Waals surface area contributed by atoms with E-state index >= 15 is 0 Å². The highest BCUT2D eigenvalue weighted by atomic mass is 32.1. The van der Waals surface area contributed by atoms with Crippen molar-refractivity contribution in [1.82, 2.24) is 9.78 Å². The number of esters is 2. The van der Waals surface area contributed by atoms with Crippen LogP contribution in [0.3, 0.4) is 0 Å². The molecule has 0 bridgehead atoms. The number of carbonyl (C=O) groups is 2. The van der Waals surface area contributed by atoms with Crippen LogP contribution >= 0.6 is 11.3 Å². The van der Waals surface area contributed by atoms with Gasteiger partial charge in [-0.1, -0.05) is 18.2 Å². The highest BCUT2D eigenvalue weighted by molar-refractivity contribution is 7.18. The lowest BCUT2D eigenvalue weighted by Gasteiger charge is -2.04. The van der Waals surface area contributed by atoms with E-state index in [4.69, 9.17) is 15.2 Å². The highest BCUT2D eigenvalue weighted by Gasteiger charge is 2.27. The molecular formula is C20H21N5O5S. The fourth-order valence-electron chi connectivity index (χ4n) is 2.78. The van der Waals surface area contributed by atoms with Crippen molar-refractivity contribution in [3.63, 3.8) is 0 Å². The monoisotopic (exact) mass is 443 g/mol. The number of para-hydroxylation sites is 1. The number of nitrogens with zero attached hydrogens (tertiary/aromatic N) is 3. The molecule has 11 heteroatoms. The number of carbonyl (C=O) groups excluding carboxylic acids is 2. The third-order valence-corrected chi connectivity index (χ3v) is 5.37. The normalized spacial score (nSPS) is 11.1. The van der Waals surface area contributed by atoms with Gasteiger partial charge in [-0.2, -0.15) is 0 Å². The van der Waals surface area contributed by atoms with Crippen LogP contribution in [0, 0.1) is 6.92 Å². The summed E-state index contributed by atoms with van der Waals surface area (Å²) in [4.78, 5) is 37.5. The minimum absolute atomic E-state index is 0.0306. The molecule has 162 valence electrons. The number of aromatic nitrogens is 2. The van der Waals surface area contributed by atoms with Gasteiger partial charge in [0.1, 0.15) is 15.7 Å². The van der Waals surface area contributed by atoms with Crippen molar-refractivity contribution in [2.24, 2.45) is 10.2 Å². The number of nitrogen functional groups attached to an aromatic ring is 1. The average Bonchev–Trinajstić information content (AvgIpc) is 3.23. The lowest BCUT2D eigenvalue weighted by Crippen LogP contribution is -2.13. The molecule has 0 atom stereocenters. The smallest absolute Gasteiger partial charge is 0.349 e. The molecule has 0 saturated carbocycles. The number of azo groups is 1. The second kappa shape index (κ2) is 9.39. The van der Waals surface area contributed by atoms with Gasteiger partial charge in [0.2, 0.25) is 0 Å². The average molecular weight is 443 g/mol. The summed E-state index contributed by atoms with van der Waals surface area (Å²) < 4.78 is 11.3. The van der Waals surface area contributed by atoms with Gasteiger partial charge in [0.15, 0.2) is 5.69 Å². The Morgan fingerprint density at radius 3 is 2.39 bits per heavy atom. The number of hydrogen-bond acceptors (Lipinski definition) is 9. The number of H-pyrrole nitrogens is 1. The second-order valence-electron chi connectivity index (χ2n) is 6.23. The topological polar surface area (TPSA) is 141 Å². The van der Waals surface area contributed by atoms with E-state index in [1.807, 2.05) is 6.07 Å². The van der Waals surface area contributed by atoms with E-state index in [0.717, 1.165) is 11.3 Å². The summed E-state index contributed by atoms with van der Waals surface area (Å²) in [7, 11) is 0. The molecule has 0 aliphatic heterocycles. The molecular weight excluding hydrogens is 422 g/mol. The second-order valence-corrected chi connectivity index (χ2v) is 7.23. The van der Waals surface area contributed by atoms with Crippen LogP contribution in [0.2, 0.25) is 0 Å². The van der Waals surface area contributed by atoms with Gasteiger partial charge in [0.05, 0.1) is 24.5 Å². The van der Waals surface area contributed by atoms with Crippen LogP contribution in [0.15, 0.2) is 45.4 Å². The van der Waals surface area contributed by atoms with Gasteiger partial charge in [-0.15, -0.1) is 21.6 Å². The van der Waals surface area contributed by atoms with Gasteiger partial charge in [0.25, 0.3) is 0 Å². The van der Waals surface area contributed by atoms with Crippen molar-refractivity contribution < 1.29 is 19.1 Å². The molecule has 0 unspecified atom stereocenters. The van der Waals surface area contributed by atoms with E-state index in [1.165, 1.54) is 4.68 Å². The molecule has 31 heavy (non-hydrogen) atoms. The number of nitrogens with one attached hydrogen (secondary N) is 1. The molecule has 2 heterocycles. The Morgan fingerprint density at radius 2 is 1.74 bits per heavy atom. The van der Waals surface area contributed by atoms with E-state index in [-0.39, 0.29) is 40.2 Å². The standard InChI is InChI=1S/C20H21N5O5S/c1-4-29-19(27)13-11(3)17(31-15(13)20(28)30-5-2)23-22-14-16(21)24-25(18(14)26)12-9-7-6-8-10-12/h6-10,24H,4-5,21H2,1-3H3. The number of aromatic amines is 1. The maximum atomic E-state index is 12.7. The Bertz CT molecular complexity index is 1190. The molecule has 3 N–H and O–H groups in total. The van der Waals surface area contributed by atoms with E-state index in [0.29, 0.717) is 11.3 Å². The van der Waals surface area contributed by atoms with Crippen LogP contribution < -0.4 is 11.3 Å².